The zero-order valence-corrected chi connectivity index (χ0v) is 11.0. The van der Waals surface area contributed by atoms with Crippen LogP contribution >= 0.6 is 0 Å². The van der Waals surface area contributed by atoms with Gasteiger partial charge in [0, 0.05) is 44.3 Å². The third-order valence-corrected chi connectivity index (χ3v) is 4.91. The fourth-order valence-electron chi connectivity index (χ4n) is 3.91. The lowest BCUT2D eigenvalue weighted by Gasteiger charge is -2.46. The average Bonchev–Trinajstić information content (AvgIpc) is 2.75. The quantitative estimate of drug-likeness (QED) is 0.686. The largest absolute Gasteiger partial charge is 0.325 e. The van der Waals surface area contributed by atoms with Gasteiger partial charge in [-0.25, -0.2) is 0 Å². The van der Waals surface area contributed by atoms with E-state index in [1.807, 2.05) is 0 Å². The second-order valence-corrected chi connectivity index (χ2v) is 6.11. The van der Waals surface area contributed by atoms with Crippen LogP contribution in [0.25, 0.3) is 0 Å². The maximum absolute atomic E-state index is 6.34. The number of piperazine rings is 1. The first kappa shape index (κ1) is 11.9. The highest BCUT2D eigenvalue weighted by Gasteiger charge is 2.36. The van der Waals surface area contributed by atoms with Crippen molar-refractivity contribution in [2.75, 3.05) is 46.3 Å². The van der Waals surface area contributed by atoms with E-state index in [2.05, 4.69) is 21.7 Å². The lowest BCUT2D eigenvalue weighted by atomic mass is 9.97. The molecule has 3 rings (SSSR count). The Labute approximate surface area is 105 Å². The molecule has 0 amide bonds. The SMILES string of the molecule is CN1CCC(N2CCN3CCC[C@@H]3C2)C(N)C1. The Kier molecular flexibility index (Phi) is 3.39. The number of nitrogens with zero attached hydrogens (tertiary/aromatic N) is 3. The van der Waals surface area contributed by atoms with Gasteiger partial charge in [-0.3, -0.25) is 9.80 Å². The maximum Gasteiger partial charge on any atom is 0.0326 e. The van der Waals surface area contributed by atoms with Gasteiger partial charge in [0.25, 0.3) is 0 Å². The summed E-state index contributed by atoms with van der Waals surface area (Å²) in [4.78, 5) is 7.73. The molecule has 0 saturated carbocycles. The molecule has 17 heavy (non-hydrogen) atoms. The Morgan fingerprint density at radius 2 is 1.76 bits per heavy atom. The van der Waals surface area contributed by atoms with Gasteiger partial charge in [-0.2, -0.15) is 0 Å². The summed E-state index contributed by atoms with van der Waals surface area (Å²) in [5.41, 5.74) is 6.34. The summed E-state index contributed by atoms with van der Waals surface area (Å²) in [5.74, 6) is 0. The van der Waals surface area contributed by atoms with E-state index in [0.29, 0.717) is 12.1 Å². The molecule has 3 saturated heterocycles. The molecule has 2 unspecified atom stereocenters. The van der Waals surface area contributed by atoms with E-state index in [1.54, 1.807) is 0 Å². The van der Waals surface area contributed by atoms with Crippen molar-refractivity contribution in [1.82, 2.24) is 14.7 Å². The predicted octanol–water partition coefficient (Wildman–Crippen LogP) is -0.202. The molecule has 0 aromatic carbocycles. The summed E-state index contributed by atoms with van der Waals surface area (Å²) in [6, 6.07) is 1.81. The number of nitrogens with two attached hydrogens (primary N) is 1. The first-order chi connectivity index (χ1) is 8.24. The normalized spacial score (nSPS) is 41.6. The fourth-order valence-corrected chi connectivity index (χ4v) is 3.91. The first-order valence-corrected chi connectivity index (χ1v) is 7.16. The zero-order chi connectivity index (χ0) is 11.8. The van der Waals surface area contributed by atoms with Crippen molar-refractivity contribution in [1.29, 1.82) is 0 Å². The molecule has 0 spiro atoms. The summed E-state index contributed by atoms with van der Waals surface area (Å²) in [5, 5.41) is 0. The molecule has 3 aliphatic heterocycles. The van der Waals surface area contributed by atoms with Gasteiger partial charge in [-0.05, 0) is 39.4 Å². The molecule has 98 valence electrons. The van der Waals surface area contributed by atoms with Crippen LogP contribution in [-0.2, 0) is 0 Å². The Morgan fingerprint density at radius 3 is 2.59 bits per heavy atom. The fraction of sp³-hybridized carbons (Fsp3) is 1.00. The van der Waals surface area contributed by atoms with Crippen LogP contribution in [0.4, 0.5) is 0 Å². The highest BCUT2D eigenvalue weighted by molar-refractivity contribution is 4.94. The molecule has 0 aromatic heterocycles. The van der Waals surface area contributed by atoms with Gasteiger partial charge in [0.05, 0.1) is 0 Å². The molecule has 4 nitrogen and oxygen atoms in total. The van der Waals surface area contributed by atoms with Crippen molar-refractivity contribution in [2.24, 2.45) is 5.73 Å². The molecule has 3 fully saturated rings. The van der Waals surface area contributed by atoms with E-state index in [0.717, 1.165) is 12.6 Å². The third-order valence-electron chi connectivity index (χ3n) is 4.91. The second-order valence-electron chi connectivity index (χ2n) is 6.11. The predicted molar refractivity (Wildman–Crippen MR) is 70.0 cm³/mol. The smallest absolute Gasteiger partial charge is 0.0326 e. The monoisotopic (exact) mass is 238 g/mol. The lowest BCUT2D eigenvalue weighted by molar-refractivity contribution is 0.0363. The van der Waals surface area contributed by atoms with E-state index < -0.39 is 0 Å². The summed E-state index contributed by atoms with van der Waals surface area (Å²) < 4.78 is 0. The number of rotatable bonds is 1. The van der Waals surface area contributed by atoms with Gasteiger partial charge in [0.15, 0.2) is 0 Å². The van der Waals surface area contributed by atoms with Crippen LogP contribution in [0.5, 0.6) is 0 Å². The van der Waals surface area contributed by atoms with Crippen molar-refractivity contribution in [2.45, 2.75) is 37.4 Å². The molecular formula is C13H26N4. The van der Waals surface area contributed by atoms with Crippen molar-refractivity contribution in [3.63, 3.8) is 0 Å². The van der Waals surface area contributed by atoms with Gasteiger partial charge in [-0.15, -0.1) is 0 Å². The minimum absolute atomic E-state index is 0.349. The van der Waals surface area contributed by atoms with Crippen LogP contribution in [0.1, 0.15) is 19.3 Å². The first-order valence-electron chi connectivity index (χ1n) is 7.16. The summed E-state index contributed by atoms with van der Waals surface area (Å²) in [6.07, 6.45) is 4.06. The molecule has 3 atom stereocenters. The van der Waals surface area contributed by atoms with E-state index in [4.69, 9.17) is 5.73 Å². The molecule has 0 radical (unpaired) electrons. The summed E-state index contributed by atoms with van der Waals surface area (Å²) in [6.45, 7) is 7.38. The minimum atomic E-state index is 0.349. The van der Waals surface area contributed by atoms with E-state index in [9.17, 15) is 0 Å². The van der Waals surface area contributed by atoms with Gasteiger partial charge in [0.1, 0.15) is 0 Å². The Bertz CT molecular complexity index is 270. The Balaban J connectivity index is 1.61. The number of fused-ring (bicyclic) bond motifs is 1. The topological polar surface area (TPSA) is 35.7 Å². The van der Waals surface area contributed by atoms with E-state index in [1.165, 1.54) is 52.0 Å². The molecule has 3 heterocycles. The molecular weight excluding hydrogens is 212 g/mol. The van der Waals surface area contributed by atoms with Crippen molar-refractivity contribution in [3.05, 3.63) is 0 Å². The van der Waals surface area contributed by atoms with Gasteiger partial charge >= 0.3 is 0 Å². The number of likely N-dealkylation sites (N-methyl/N-ethyl adjacent to an activating group) is 1. The highest BCUT2D eigenvalue weighted by atomic mass is 15.3. The van der Waals surface area contributed by atoms with Gasteiger partial charge in [-0.1, -0.05) is 0 Å². The molecule has 4 heteroatoms. The van der Waals surface area contributed by atoms with Crippen LogP contribution in [0, 0.1) is 0 Å². The van der Waals surface area contributed by atoms with Crippen LogP contribution in [-0.4, -0.2) is 79.1 Å². The summed E-state index contributed by atoms with van der Waals surface area (Å²) >= 11 is 0. The Hall–Kier alpha value is -0.160. The van der Waals surface area contributed by atoms with Gasteiger partial charge in [0.2, 0.25) is 0 Å². The maximum atomic E-state index is 6.34. The molecule has 0 bridgehead atoms. The number of likely N-dealkylation sites (tertiary alicyclic amines) is 1. The van der Waals surface area contributed by atoms with Crippen LogP contribution in [0.3, 0.4) is 0 Å². The summed E-state index contributed by atoms with van der Waals surface area (Å²) in [7, 11) is 2.19. The van der Waals surface area contributed by atoms with Crippen molar-refractivity contribution in [3.8, 4) is 0 Å². The number of hydrogen-bond donors (Lipinski definition) is 1. The van der Waals surface area contributed by atoms with Crippen LogP contribution in [0.15, 0.2) is 0 Å². The zero-order valence-electron chi connectivity index (χ0n) is 11.0. The minimum Gasteiger partial charge on any atom is -0.325 e. The molecule has 3 aliphatic rings. The molecule has 0 aromatic rings. The van der Waals surface area contributed by atoms with Crippen LogP contribution < -0.4 is 5.73 Å². The number of piperidine rings is 1. The van der Waals surface area contributed by atoms with Crippen molar-refractivity contribution >= 4 is 0 Å². The van der Waals surface area contributed by atoms with Gasteiger partial charge < -0.3 is 10.6 Å². The lowest BCUT2D eigenvalue weighted by Crippen LogP contribution is -2.62. The standard InChI is InChI=1S/C13H26N4/c1-15-6-4-13(12(14)10-15)17-8-7-16-5-2-3-11(16)9-17/h11-13H,2-10,14H2,1H3/t11-,12?,13?/m1/s1. The van der Waals surface area contributed by atoms with E-state index >= 15 is 0 Å². The molecule has 0 aliphatic carbocycles. The van der Waals surface area contributed by atoms with Crippen molar-refractivity contribution < 1.29 is 0 Å². The average molecular weight is 238 g/mol. The Morgan fingerprint density at radius 1 is 0.941 bits per heavy atom. The second kappa shape index (κ2) is 4.84. The van der Waals surface area contributed by atoms with E-state index in [-0.39, 0.29) is 0 Å². The third kappa shape index (κ3) is 2.36. The number of hydrogen-bond acceptors (Lipinski definition) is 4. The van der Waals surface area contributed by atoms with Crippen LogP contribution in [0.2, 0.25) is 0 Å². The molecule has 2 N–H and O–H groups in total. The highest BCUT2D eigenvalue weighted by Crippen LogP contribution is 2.25.